The van der Waals surface area contributed by atoms with Crippen LogP contribution in [0.2, 0.25) is 0 Å². The fraction of sp³-hybridized carbons (Fsp3) is 0.308. The van der Waals surface area contributed by atoms with Gasteiger partial charge >= 0.3 is 0 Å². The van der Waals surface area contributed by atoms with E-state index in [2.05, 4.69) is 14.9 Å². The van der Waals surface area contributed by atoms with Gasteiger partial charge in [0.25, 0.3) is 0 Å². The van der Waals surface area contributed by atoms with Crippen molar-refractivity contribution in [3.05, 3.63) is 47.3 Å². The van der Waals surface area contributed by atoms with Crippen LogP contribution in [0.25, 0.3) is 0 Å². The summed E-state index contributed by atoms with van der Waals surface area (Å²) in [5.41, 5.74) is 8.63. The summed E-state index contributed by atoms with van der Waals surface area (Å²) in [4.78, 5) is 0.161. The molecule has 7 heteroatoms. The Morgan fingerprint density at radius 1 is 1.40 bits per heavy atom. The molecule has 0 spiro atoms. The van der Waals surface area contributed by atoms with Crippen molar-refractivity contribution in [3.8, 4) is 0 Å². The maximum absolute atomic E-state index is 12.4. The Balaban J connectivity index is 1.94. The highest BCUT2D eigenvalue weighted by molar-refractivity contribution is 7.89. The first-order valence-corrected chi connectivity index (χ1v) is 7.83. The zero-order valence-corrected chi connectivity index (χ0v) is 11.8. The third kappa shape index (κ3) is 2.13. The molecule has 1 aliphatic rings. The second-order valence-electron chi connectivity index (χ2n) is 5.03. The number of aromatic amines is 1. The molecule has 2 unspecified atom stereocenters. The zero-order valence-electron chi connectivity index (χ0n) is 11.0. The molecule has 20 heavy (non-hydrogen) atoms. The van der Waals surface area contributed by atoms with Crippen LogP contribution in [0, 0.1) is 6.92 Å². The molecule has 2 aromatic rings. The highest BCUT2D eigenvalue weighted by Gasteiger charge is 2.33. The zero-order chi connectivity index (χ0) is 14.3. The maximum Gasteiger partial charge on any atom is 0.244 e. The second-order valence-corrected chi connectivity index (χ2v) is 6.71. The van der Waals surface area contributed by atoms with E-state index in [0.717, 1.165) is 11.1 Å². The molecule has 106 valence electrons. The van der Waals surface area contributed by atoms with E-state index < -0.39 is 16.1 Å². The van der Waals surface area contributed by atoms with Crippen molar-refractivity contribution in [3.63, 3.8) is 0 Å². The van der Waals surface area contributed by atoms with Gasteiger partial charge in [-0.05, 0) is 24.5 Å². The topological polar surface area (TPSA) is 101 Å². The predicted octanol–water partition coefficient (Wildman–Crippen LogP) is 0.621. The molecule has 4 N–H and O–H groups in total. The fourth-order valence-electron chi connectivity index (χ4n) is 2.62. The Morgan fingerprint density at radius 2 is 2.15 bits per heavy atom. The van der Waals surface area contributed by atoms with E-state index in [0.29, 0.717) is 12.1 Å². The van der Waals surface area contributed by atoms with Gasteiger partial charge in [-0.1, -0.05) is 24.3 Å². The van der Waals surface area contributed by atoms with Gasteiger partial charge in [-0.2, -0.15) is 5.10 Å². The Labute approximate surface area is 117 Å². The minimum absolute atomic E-state index is 0.161. The van der Waals surface area contributed by atoms with Crippen molar-refractivity contribution >= 4 is 10.0 Å². The largest absolute Gasteiger partial charge is 0.326 e. The quantitative estimate of drug-likeness (QED) is 0.772. The van der Waals surface area contributed by atoms with Crippen molar-refractivity contribution in [2.24, 2.45) is 5.73 Å². The first-order valence-electron chi connectivity index (χ1n) is 6.35. The summed E-state index contributed by atoms with van der Waals surface area (Å²) >= 11 is 0. The molecular formula is C13H16N4O2S. The van der Waals surface area contributed by atoms with E-state index in [1.165, 1.54) is 6.20 Å². The molecule has 1 aliphatic carbocycles. The molecule has 0 saturated carbocycles. The lowest BCUT2D eigenvalue weighted by Crippen LogP contribution is -2.38. The van der Waals surface area contributed by atoms with Crippen LogP contribution >= 0.6 is 0 Å². The van der Waals surface area contributed by atoms with Gasteiger partial charge in [0.05, 0.1) is 17.9 Å². The predicted molar refractivity (Wildman–Crippen MR) is 74.5 cm³/mol. The van der Waals surface area contributed by atoms with Crippen LogP contribution in [0.1, 0.15) is 22.9 Å². The summed E-state index contributed by atoms with van der Waals surface area (Å²) in [6, 6.07) is 7.06. The number of aromatic nitrogens is 2. The summed E-state index contributed by atoms with van der Waals surface area (Å²) < 4.78 is 27.5. The van der Waals surface area contributed by atoms with Crippen LogP contribution < -0.4 is 10.5 Å². The number of nitrogens with two attached hydrogens (primary N) is 1. The molecule has 0 bridgehead atoms. The highest BCUT2D eigenvalue weighted by atomic mass is 32.2. The number of aryl methyl sites for hydroxylation is 1. The van der Waals surface area contributed by atoms with Gasteiger partial charge in [0.2, 0.25) is 10.0 Å². The SMILES string of the molecule is Cc1[nH]ncc1S(=O)(=O)NC1c2ccccc2CC1N. The van der Waals surface area contributed by atoms with Crippen molar-refractivity contribution in [2.45, 2.75) is 30.3 Å². The van der Waals surface area contributed by atoms with E-state index in [-0.39, 0.29) is 10.9 Å². The summed E-state index contributed by atoms with van der Waals surface area (Å²) in [6.07, 6.45) is 1.98. The van der Waals surface area contributed by atoms with Crippen molar-refractivity contribution < 1.29 is 8.42 Å². The maximum atomic E-state index is 12.4. The molecule has 0 radical (unpaired) electrons. The summed E-state index contributed by atoms with van der Waals surface area (Å²) in [5, 5.41) is 6.38. The second kappa shape index (κ2) is 4.69. The third-order valence-electron chi connectivity index (χ3n) is 3.63. The number of hydrogen-bond acceptors (Lipinski definition) is 4. The van der Waals surface area contributed by atoms with Crippen molar-refractivity contribution in [1.29, 1.82) is 0 Å². The van der Waals surface area contributed by atoms with E-state index in [4.69, 9.17) is 5.73 Å². The lowest BCUT2D eigenvalue weighted by molar-refractivity contribution is 0.517. The Bertz CT molecular complexity index is 738. The Hall–Kier alpha value is -1.70. The fourth-order valence-corrected chi connectivity index (χ4v) is 4.02. The third-order valence-corrected chi connectivity index (χ3v) is 5.18. The number of rotatable bonds is 3. The minimum Gasteiger partial charge on any atom is -0.326 e. The van der Waals surface area contributed by atoms with Crippen LogP contribution in [-0.4, -0.2) is 24.7 Å². The number of benzene rings is 1. The molecule has 0 aliphatic heterocycles. The number of nitrogens with one attached hydrogen (secondary N) is 2. The normalized spacial score (nSPS) is 21.9. The lowest BCUT2D eigenvalue weighted by atomic mass is 10.1. The average Bonchev–Trinajstić information content (AvgIpc) is 2.95. The van der Waals surface area contributed by atoms with Crippen LogP contribution in [0.5, 0.6) is 0 Å². The molecule has 0 amide bonds. The molecule has 3 rings (SSSR count). The standard InChI is InChI=1S/C13H16N4O2S/c1-8-12(7-15-16-8)20(18,19)17-13-10-5-3-2-4-9(10)6-11(13)14/h2-5,7,11,13,17H,6,14H2,1H3,(H,15,16). The monoisotopic (exact) mass is 292 g/mol. The number of hydrogen-bond donors (Lipinski definition) is 3. The molecule has 1 aromatic carbocycles. The number of nitrogens with zero attached hydrogens (tertiary/aromatic N) is 1. The highest BCUT2D eigenvalue weighted by Crippen LogP contribution is 2.31. The molecular weight excluding hydrogens is 276 g/mol. The Morgan fingerprint density at radius 3 is 2.85 bits per heavy atom. The van der Waals surface area contributed by atoms with Gasteiger partial charge in [0.1, 0.15) is 4.90 Å². The van der Waals surface area contributed by atoms with Gasteiger partial charge in [-0.3, -0.25) is 5.10 Å². The number of sulfonamides is 1. The van der Waals surface area contributed by atoms with E-state index in [1.54, 1.807) is 6.92 Å². The molecule has 0 saturated heterocycles. The lowest BCUT2D eigenvalue weighted by Gasteiger charge is -2.18. The Kier molecular flexibility index (Phi) is 3.12. The van der Waals surface area contributed by atoms with Gasteiger partial charge in [-0.25, -0.2) is 13.1 Å². The average molecular weight is 292 g/mol. The van der Waals surface area contributed by atoms with Crippen LogP contribution in [0.15, 0.2) is 35.4 Å². The van der Waals surface area contributed by atoms with Crippen LogP contribution in [-0.2, 0) is 16.4 Å². The summed E-state index contributed by atoms with van der Waals surface area (Å²) in [6.45, 7) is 1.67. The minimum atomic E-state index is -3.63. The molecule has 0 fully saturated rings. The summed E-state index contributed by atoms with van der Waals surface area (Å²) in [7, 11) is -3.63. The van der Waals surface area contributed by atoms with Gasteiger partial charge in [0.15, 0.2) is 0 Å². The van der Waals surface area contributed by atoms with E-state index in [1.807, 2.05) is 24.3 Å². The van der Waals surface area contributed by atoms with Crippen LogP contribution in [0.3, 0.4) is 0 Å². The first kappa shape index (κ1) is 13.3. The van der Waals surface area contributed by atoms with Crippen molar-refractivity contribution in [2.75, 3.05) is 0 Å². The smallest absolute Gasteiger partial charge is 0.244 e. The van der Waals surface area contributed by atoms with E-state index in [9.17, 15) is 8.42 Å². The first-order chi connectivity index (χ1) is 9.49. The van der Waals surface area contributed by atoms with Crippen molar-refractivity contribution in [1.82, 2.24) is 14.9 Å². The number of H-pyrrole nitrogens is 1. The molecule has 2 atom stereocenters. The van der Waals surface area contributed by atoms with Crippen LogP contribution in [0.4, 0.5) is 0 Å². The molecule has 1 heterocycles. The van der Waals surface area contributed by atoms with Gasteiger partial charge in [-0.15, -0.1) is 0 Å². The molecule has 6 nitrogen and oxygen atoms in total. The molecule has 1 aromatic heterocycles. The number of fused-ring (bicyclic) bond motifs is 1. The van der Waals surface area contributed by atoms with Gasteiger partial charge in [0, 0.05) is 6.04 Å². The van der Waals surface area contributed by atoms with E-state index >= 15 is 0 Å². The summed E-state index contributed by atoms with van der Waals surface area (Å²) in [5.74, 6) is 0. The van der Waals surface area contributed by atoms with Gasteiger partial charge < -0.3 is 5.73 Å².